The Kier molecular flexibility index (Phi) is 3.11. The lowest BCUT2D eigenvalue weighted by atomic mass is 9.92. The van der Waals surface area contributed by atoms with Crippen LogP contribution in [0.15, 0.2) is 36.4 Å². The van der Waals surface area contributed by atoms with Crippen LogP contribution in [0, 0.1) is 0 Å². The molecule has 0 amide bonds. The van der Waals surface area contributed by atoms with Crippen molar-refractivity contribution in [1.29, 1.82) is 0 Å². The highest BCUT2D eigenvalue weighted by atomic mass is 16.7. The Balaban J connectivity index is 1.55. The lowest BCUT2D eigenvalue weighted by Gasteiger charge is -2.32. The summed E-state index contributed by atoms with van der Waals surface area (Å²) in [7, 11) is 0. The van der Waals surface area contributed by atoms with Gasteiger partial charge >= 0.3 is 0 Å². The average molecular weight is 350 g/mol. The molecule has 3 aliphatic rings. The molecule has 5 heteroatoms. The molecule has 0 aromatic heterocycles. The number of hydrogen-bond donors (Lipinski definition) is 0. The van der Waals surface area contributed by atoms with Crippen LogP contribution in [0.1, 0.15) is 47.9 Å². The van der Waals surface area contributed by atoms with Crippen molar-refractivity contribution >= 4 is 11.9 Å². The van der Waals surface area contributed by atoms with Crippen LogP contribution in [-0.2, 0) is 0 Å². The molecule has 5 rings (SSSR count). The second kappa shape index (κ2) is 5.27. The van der Waals surface area contributed by atoms with Gasteiger partial charge in [0, 0.05) is 0 Å². The molecule has 0 spiro atoms. The van der Waals surface area contributed by atoms with E-state index in [9.17, 15) is 4.79 Å². The molecule has 0 saturated carbocycles. The summed E-state index contributed by atoms with van der Waals surface area (Å²) in [5, 5.41) is 0. The highest BCUT2D eigenvalue weighted by Crippen LogP contribution is 2.45. The SMILES string of the molecule is CC1(C)C=Cc2c(ccc3c2O[C@H](c2ccc4c(c2)OCO4)CC3=O)O1. The Hall–Kier alpha value is -2.95. The van der Waals surface area contributed by atoms with E-state index in [1.54, 1.807) is 6.07 Å². The molecule has 3 aliphatic heterocycles. The summed E-state index contributed by atoms with van der Waals surface area (Å²) in [5.74, 6) is 2.79. The van der Waals surface area contributed by atoms with Crippen molar-refractivity contribution in [3.63, 3.8) is 0 Å². The Bertz CT molecular complexity index is 957. The maximum Gasteiger partial charge on any atom is 0.231 e. The fourth-order valence-corrected chi connectivity index (χ4v) is 3.54. The number of carbonyl (C=O) groups is 1. The maximum absolute atomic E-state index is 12.7. The molecule has 0 radical (unpaired) electrons. The summed E-state index contributed by atoms with van der Waals surface area (Å²) in [5.41, 5.74) is 1.94. The Labute approximate surface area is 151 Å². The van der Waals surface area contributed by atoms with Crippen molar-refractivity contribution in [3.05, 3.63) is 53.1 Å². The lowest BCUT2D eigenvalue weighted by molar-refractivity contribution is 0.0846. The second-order valence-electron chi connectivity index (χ2n) is 7.24. The number of Topliss-reactive ketones (excluding diaryl/α,β-unsaturated/α-hetero) is 1. The van der Waals surface area contributed by atoms with Crippen LogP contribution < -0.4 is 18.9 Å². The number of benzene rings is 2. The van der Waals surface area contributed by atoms with Crippen LogP contribution in [0.2, 0.25) is 0 Å². The molecule has 2 aromatic carbocycles. The summed E-state index contributed by atoms with van der Waals surface area (Å²) in [6.07, 6.45) is 3.89. The van der Waals surface area contributed by atoms with Gasteiger partial charge in [-0.3, -0.25) is 4.79 Å². The van der Waals surface area contributed by atoms with E-state index < -0.39 is 0 Å². The number of ketones is 1. The topological polar surface area (TPSA) is 54.0 Å². The van der Waals surface area contributed by atoms with Crippen molar-refractivity contribution in [3.8, 4) is 23.0 Å². The zero-order chi connectivity index (χ0) is 17.9. The molecule has 3 heterocycles. The first-order chi connectivity index (χ1) is 12.5. The monoisotopic (exact) mass is 350 g/mol. The van der Waals surface area contributed by atoms with Gasteiger partial charge in [0.05, 0.1) is 17.5 Å². The van der Waals surface area contributed by atoms with Gasteiger partial charge in [-0.05, 0) is 55.8 Å². The third-order valence-corrected chi connectivity index (χ3v) is 4.88. The van der Waals surface area contributed by atoms with Crippen LogP contribution in [0.5, 0.6) is 23.0 Å². The van der Waals surface area contributed by atoms with Crippen molar-refractivity contribution in [1.82, 2.24) is 0 Å². The quantitative estimate of drug-likeness (QED) is 0.767. The summed E-state index contributed by atoms with van der Waals surface area (Å²) in [6, 6.07) is 9.30. The molecular weight excluding hydrogens is 332 g/mol. The predicted molar refractivity (Wildman–Crippen MR) is 95.1 cm³/mol. The van der Waals surface area contributed by atoms with E-state index in [0.29, 0.717) is 29.2 Å². The number of fused-ring (bicyclic) bond motifs is 4. The van der Waals surface area contributed by atoms with E-state index in [1.165, 1.54) is 0 Å². The Morgan fingerprint density at radius 2 is 1.85 bits per heavy atom. The number of hydrogen-bond acceptors (Lipinski definition) is 5. The standard InChI is InChI=1S/C21H18O5/c1-21(2)8-7-14-16(26-21)6-4-13-15(22)10-18(25-20(13)14)12-3-5-17-19(9-12)24-11-23-17/h3-9,18H,10-11H2,1-2H3/t18-/m0/s1. The molecule has 132 valence electrons. The molecule has 0 N–H and O–H groups in total. The van der Waals surface area contributed by atoms with Crippen molar-refractivity contribution in [2.75, 3.05) is 6.79 Å². The van der Waals surface area contributed by atoms with E-state index in [0.717, 1.165) is 16.9 Å². The lowest BCUT2D eigenvalue weighted by Crippen LogP contribution is -2.28. The van der Waals surface area contributed by atoms with Crippen LogP contribution in [-0.4, -0.2) is 18.2 Å². The Morgan fingerprint density at radius 3 is 2.73 bits per heavy atom. The molecule has 1 atom stereocenters. The molecule has 0 bridgehead atoms. The zero-order valence-corrected chi connectivity index (χ0v) is 14.6. The smallest absolute Gasteiger partial charge is 0.231 e. The summed E-state index contributed by atoms with van der Waals surface area (Å²) in [6.45, 7) is 4.21. The maximum atomic E-state index is 12.7. The first-order valence-corrected chi connectivity index (χ1v) is 8.65. The van der Waals surface area contributed by atoms with Gasteiger partial charge in [0.1, 0.15) is 23.2 Å². The van der Waals surface area contributed by atoms with Gasteiger partial charge in [-0.25, -0.2) is 0 Å². The van der Waals surface area contributed by atoms with Crippen LogP contribution >= 0.6 is 0 Å². The van der Waals surface area contributed by atoms with Gasteiger partial charge in [-0.1, -0.05) is 6.07 Å². The second-order valence-corrected chi connectivity index (χ2v) is 7.24. The third-order valence-electron chi connectivity index (χ3n) is 4.88. The molecule has 0 aliphatic carbocycles. The zero-order valence-electron chi connectivity index (χ0n) is 14.6. The average Bonchev–Trinajstić information content (AvgIpc) is 3.08. The molecule has 26 heavy (non-hydrogen) atoms. The van der Waals surface area contributed by atoms with Crippen LogP contribution in [0.25, 0.3) is 6.08 Å². The number of carbonyl (C=O) groups excluding carboxylic acids is 1. The minimum Gasteiger partial charge on any atom is -0.484 e. The number of ether oxygens (including phenoxy) is 4. The molecule has 2 aromatic rings. The molecule has 5 nitrogen and oxygen atoms in total. The normalized spacial score (nSPS) is 21.5. The first-order valence-electron chi connectivity index (χ1n) is 8.65. The van der Waals surface area contributed by atoms with Gasteiger partial charge < -0.3 is 18.9 Å². The minimum atomic E-state index is -0.378. The summed E-state index contributed by atoms with van der Waals surface area (Å²) >= 11 is 0. The van der Waals surface area contributed by atoms with E-state index in [4.69, 9.17) is 18.9 Å². The Morgan fingerprint density at radius 1 is 1.04 bits per heavy atom. The summed E-state index contributed by atoms with van der Waals surface area (Å²) in [4.78, 5) is 12.7. The van der Waals surface area contributed by atoms with Gasteiger partial charge in [0.2, 0.25) is 6.79 Å². The highest BCUT2D eigenvalue weighted by Gasteiger charge is 2.33. The molecule has 0 unspecified atom stereocenters. The fraction of sp³-hybridized carbons (Fsp3) is 0.286. The number of rotatable bonds is 1. The molecular formula is C21H18O5. The first kappa shape index (κ1) is 15.3. The predicted octanol–water partition coefficient (Wildman–Crippen LogP) is 4.31. The highest BCUT2D eigenvalue weighted by molar-refractivity contribution is 6.01. The van der Waals surface area contributed by atoms with Crippen molar-refractivity contribution < 1.29 is 23.7 Å². The van der Waals surface area contributed by atoms with Gasteiger partial charge in [-0.2, -0.15) is 0 Å². The summed E-state index contributed by atoms with van der Waals surface area (Å²) < 4.78 is 23.1. The van der Waals surface area contributed by atoms with Gasteiger partial charge in [0.15, 0.2) is 17.3 Å². The third kappa shape index (κ3) is 2.35. The van der Waals surface area contributed by atoms with E-state index in [2.05, 4.69) is 0 Å². The van der Waals surface area contributed by atoms with Crippen molar-refractivity contribution in [2.45, 2.75) is 32.0 Å². The van der Waals surface area contributed by atoms with Gasteiger partial charge in [-0.15, -0.1) is 0 Å². The molecule has 0 fully saturated rings. The van der Waals surface area contributed by atoms with Crippen molar-refractivity contribution in [2.24, 2.45) is 0 Å². The fourth-order valence-electron chi connectivity index (χ4n) is 3.54. The van der Waals surface area contributed by atoms with E-state index in [1.807, 2.05) is 50.3 Å². The molecule has 0 saturated heterocycles. The van der Waals surface area contributed by atoms with Crippen LogP contribution in [0.3, 0.4) is 0 Å². The minimum absolute atomic E-state index is 0.0648. The van der Waals surface area contributed by atoms with Gasteiger partial charge in [0.25, 0.3) is 0 Å². The van der Waals surface area contributed by atoms with E-state index in [-0.39, 0.29) is 24.3 Å². The largest absolute Gasteiger partial charge is 0.484 e. The van der Waals surface area contributed by atoms with E-state index >= 15 is 0 Å². The van der Waals surface area contributed by atoms with Crippen LogP contribution in [0.4, 0.5) is 0 Å².